The molecule has 0 spiro atoms. The summed E-state index contributed by atoms with van der Waals surface area (Å²) in [7, 11) is 0. The summed E-state index contributed by atoms with van der Waals surface area (Å²) >= 11 is 0. The number of aromatic nitrogens is 2. The van der Waals surface area contributed by atoms with Gasteiger partial charge in [0.1, 0.15) is 5.82 Å². The van der Waals surface area contributed by atoms with E-state index >= 15 is 0 Å². The maximum Gasteiger partial charge on any atom is 0.110 e. The summed E-state index contributed by atoms with van der Waals surface area (Å²) in [5, 5.41) is 0. The fourth-order valence-corrected chi connectivity index (χ4v) is 2.79. The van der Waals surface area contributed by atoms with E-state index < -0.39 is 0 Å². The predicted octanol–water partition coefficient (Wildman–Crippen LogP) is 3.99. The molecule has 1 heterocycles. The number of hydrogen-bond acceptors (Lipinski definition) is 2. The molecular formula is C17H27N3. The Morgan fingerprint density at radius 3 is 2.60 bits per heavy atom. The van der Waals surface area contributed by atoms with Gasteiger partial charge in [0.15, 0.2) is 0 Å². The van der Waals surface area contributed by atoms with Crippen molar-refractivity contribution in [3.05, 3.63) is 29.6 Å². The SMILES string of the molecule is Cc1ccc2c(c1)nc(CCCCCCN)n2C(C)C. The maximum atomic E-state index is 5.53. The molecule has 1 aromatic heterocycles. The first-order chi connectivity index (χ1) is 9.63. The number of hydrogen-bond donors (Lipinski definition) is 1. The quantitative estimate of drug-likeness (QED) is 0.775. The van der Waals surface area contributed by atoms with Gasteiger partial charge in [-0.1, -0.05) is 18.9 Å². The van der Waals surface area contributed by atoms with E-state index in [0.29, 0.717) is 6.04 Å². The van der Waals surface area contributed by atoms with Gasteiger partial charge in [-0.3, -0.25) is 0 Å². The molecular weight excluding hydrogens is 246 g/mol. The van der Waals surface area contributed by atoms with Crippen LogP contribution in [0.1, 0.15) is 57.0 Å². The Bertz CT molecular complexity index is 555. The highest BCUT2D eigenvalue weighted by Crippen LogP contribution is 2.23. The summed E-state index contributed by atoms with van der Waals surface area (Å²) in [6, 6.07) is 7.03. The minimum Gasteiger partial charge on any atom is -0.330 e. The van der Waals surface area contributed by atoms with Gasteiger partial charge in [-0.2, -0.15) is 0 Å². The molecule has 0 saturated carbocycles. The zero-order chi connectivity index (χ0) is 14.5. The Balaban J connectivity index is 2.16. The number of aryl methyl sites for hydroxylation is 2. The molecule has 0 fully saturated rings. The molecule has 0 bridgehead atoms. The molecule has 2 rings (SSSR count). The number of rotatable bonds is 7. The highest BCUT2D eigenvalue weighted by atomic mass is 15.1. The van der Waals surface area contributed by atoms with Crippen LogP contribution in [0, 0.1) is 6.92 Å². The Labute approximate surface area is 122 Å². The van der Waals surface area contributed by atoms with Gasteiger partial charge >= 0.3 is 0 Å². The standard InChI is InChI=1S/C17H27N3/c1-13(2)20-16-10-9-14(3)12-15(16)19-17(20)8-6-4-5-7-11-18/h9-10,12-13H,4-8,11,18H2,1-3H3. The number of benzene rings is 1. The minimum atomic E-state index is 0.460. The van der Waals surface area contributed by atoms with Crippen molar-refractivity contribution < 1.29 is 0 Å². The lowest BCUT2D eigenvalue weighted by atomic mass is 10.1. The fourth-order valence-electron chi connectivity index (χ4n) is 2.79. The summed E-state index contributed by atoms with van der Waals surface area (Å²) in [5.74, 6) is 1.23. The van der Waals surface area contributed by atoms with Crippen molar-refractivity contribution in [2.24, 2.45) is 5.73 Å². The van der Waals surface area contributed by atoms with Gasteiger partial charge in [-0.15, -0.1) is 0 Å². The van der Waals surface area contributed by atoms with E-state index in [-0.39, 0.29) is 0 Å². The van der Waals surface area contributed by atoms with Crippen LogP contribution >= 0.6 is 0 Å². The third kappa shape index (κ3) is 3.40. The summed E-state index contributed by atoms with van der Waals surface area (Å²) < 4.78 is 2.39. The van der Waals surface area contributed by atoms with Gasteiger partial charge in [0.05, 0.1) is 11.0 Å². The first-order valence-electron chi connectivity index (χ1n) is 7.81. The average Bonchev–Trinajstić information content (AvgIpc) is 2.75. The van der Waals surface area contributed by atoms with Gasteiger partial charge in [0.25, 0.3) is 0 Å². The maximum absolute atomic E-state index is 5.53. The summed E-state index contributed by atoms with van der Waals surface area (Å²) in [5.41, 5.74) is 9.21. The van der Waals surface area contributed by atoms with Crippen molar-refractivity contribution >= 4 is 11.0 Å². The Morgan fingerprint density at radius 2 is 1.90 bits per heavy atom. The third-order valence-electron chi connectivity index (χ3n) is 3.79. The highest BCUT2D eigenvalue weighted by molar-refractivity contribution is 5.77. The second-order valence-corrected chi connectivity index (χ2v) is 5.94. The largest absolute Gasteiger partial charge is 0.330 e. The van der Waals surface area contributed by atoms with E-state index in [1.165, 1.54) is 36.2 Å². The predicted molar refractivity (Wildman–Crippen MR) is 86.1 cm³/mol. The monoisotopic (exact) mass is 273 g/mol. The summed E-state index contributed by atoms with van der Waals surface area (Å²) in [6.45, 7) is 7.40. The number of fused-ring (bicyclic) bond motifs is 1. The van der Waals surface area contributed by atoms with Crippen LogP contribution in [0.2, 0.25) is 0 Å². The van der Waals surface area contributed by atoms with Crippen LogP contribution in [0.25, 0.3) is 11.0 Å². The van der Waals surface area contributed by atoms with E-state index in [4.69, 9.17) is 10.7 Å². The molecule has 1 aromatic carbocycles. The van der Waals surface area contributed by atoms with Crippen LogP contribution in [0.4, 0.5) is 0 Å². The summed E-state index contributed by atoms with van der Waals surface area (Å²) in [6.07, 6.45) is 5.89. The topological polar surface area (TPSA) is 43.8 Å². The number of unbranched alkanes of at least 4 members (excludes halogenated alkanes) is 3. The summed E-state index contributed by atoms with van der Waals surface area (Å²) in [4.78, 5) is 4.85. The third-order valence-corrected chi connectivity index (χ3v) is 3.79. The molecule has 3 heteroatoms. The second kappa shape index (κ2) is 6.89. The molecule has 0 unspecified atom stereocenters. The van der Waals surface area contributed by atoms with Crippen molar-refractivity contribution in [2.45, 2.75) is 58.9 Å². The van der Waals surface area contributed by atoms with Gasteiger partial charge in [-0.25, -0.2) is 4.98 Å². The Kier molecular flexibility index (Phi) is 5.18. The van der Waals surface area contributed by atoms with Crippen LogP contribution < -0.4 is 5.73 Å². The van der Waals surface area contributed by atoms with Crippen LogP contribution in [0.5, 0.6) is 0 Å². The molecule has 3 nitrogen and oxygen atoms in total. The van der Waals surface area contributed by atoms with Crippen molar-refractivity contribution in [3.8, 4) is 0 Å². The van der Waals surface area contributed by atoms with Gasteiger partial charge in [0.2, 0.25) is 0 Å². The second-order valence-electron chi connectivity index (χ2n) is 5.94. The van der Waals surface area contributed by atoms with Crippen molar-refractivity contribution in [1.29, 1.82) is 0 Å². The van der Waals surface area contributed by atoms with Crippen LogP contribution in [0.3, 0.4) is 0 Å². The molecule has 110 valence electrons. The minimum absolute atomic E-state index is 0.460. The van der Waals surface area contributed by atoms with Crippen LogP contribution in [-0.2, 0) is 6.42 Å². The van der Waals surface area contributed by atoms with Crippen LogP contribution in [-0.4, -0.2) is 16.1 Å². The molecule has 0 amide bonds. The van der Waals surface area contributed by atoms with E-state index in [0.717, 1.165) is 24.9 Å². The van der Waals surface area contributed by atoms with Crippen molar-refractivity contribution in [1.82, 2.24) is 9.55 Å². The first-order valence-corrected chi connectivity index (χ1v) is 7.81. The van der Waals surface area contributed by atoms with E-state index in [1.54, 1.807) is 0 Å². The lowest BCUT2D eigenvalue weighted by molar-refractivity contribution is 0.562. The molecule has 2 N–H and O–H groups in total. The van der Waals surface area contributed by atoms with Crippen molar-refractivity contribution in [3.63, 3.8) is 0 Å². The fraction of sp³-hybridized carbons (Fsp3) is 0.588. The van der Waals surface area contributed by atoms with E-state index in [2.05, 4.69) is 43.5 Å². The van der Waals surface area contributed by atoms with Crippen molar-refractivity contribution in [2.75, 3.05) is 6.54 Å². The molecule has 0 aliphatic rings. The smallest absolute Gasteiger partial charge is 0.110 e. The van der Waals surface area contributed by atoms with Gasteiger partial charge < -0.3 is 10.3 Å². The number of nitrogens with two attached hydrogens (primary N) is 1. The Morgan fingerprint density at radius 1 is 1.15 bits per heavy atom. The van der Waals surface area contributed by atoms with E-state index in [1.807, 2.05) is 0 Å². The molecule has 2 aromatic rings. The average molecular weight is 273 g/mol. The first kappa shape index (κ1) is 15.0. The normalized spacial score (nSPS) is 11.7. The molecule has 0 aliphatic carbocycles. The number of nitrogens with zero attached hydrogens (tertiary/aromatic N) is 2. The molecule has 0 saturated heterocycles. The van der Waals surface area contributed by atoms with Gasteiger partial charge in [0, 0.05) is 12.5 Å². The molecule has 0 aliphatic heterocycles. The van der Waals surface area contributed by atoms with Gasteiger partial charge in [-0.05, 0) is 57.9 Å². The zero-order valence-corrected chi connectivity index (χ0v) is 13.0. The van der Waals surface area contributed by atoms with Crippen LogP contribution in [0.15, 0.2) is 18.2 Å². The molecule has 20 heavy (non-hydrogen) atoms. The lowest BCUT2D eigenvalue weighted by Crippen LogP contribution is -2.06. The van der Waals surface area contributed by atoms with E-state index in [9.17, 15) is 0 Å². The lowest BCUT2D eigenvalue weighted by Gasteiger charge is -2.13. The Hall–Kier alpha value is -1.35. The molecule has 0 radical (unpaired) electrons. The highest BCUT2D eigenvalue weighted by Gasteiger charge is 2.12. The zero-order valence-electron chi connectivity index (χ0n) is 13.0. The number of imidazole rings is 1. The molecule has 0 atom stereocenters.